The van der Waals surface area contributed by atoms with Gasteiger partial charge in [0, 0.05) is 24.6 Å². The summed E-state index contributed by atoms with van der Waals surface area (Å²) in [5, 5.41) is 20.0. The first-order valence-electron chi connectivity index (χ1n) is 13.5. The highest BCUT2D eigenvalue weighted by atomic mass is 32.2. The van der Waals surface area contributed by atoms with Crippen molar-refractivity contribution in [2.24, 2.45) is 0 Å². The van der Waals surface area contributed by atoms with Crippen molar-refractivity contribution in [3.63, 3.8) is 0 Å². The second kappa shape index (κ2) is 15.0. The fourth-order valence-corrected chi connectivity index (χ4v) is 4.53. The largest absolute Gasteiger partial charge is 0.497 e. The van der Waals surface area contributed by atoms with Crippen LogP contribution in [0.3, 0.4) is 0 Å². The Labute approximate surface area is 251 Å². The van der Waals surface area contributed by atoms with E-state index in [1.807, 2.05) is 26.0 Å². The quantitative estimate of drug-likeness (QED) is 0.180. The topological polar surface area (TPSA) is 151 Å². The van der Waals surface area contributed by atoms with Crippen molar-refractivity contribution in [2.45, 2.75) is 51.4 Å². The number of nitrogens with zero attached hydrogens (tertiary/aromatic N) is 3. The number of ether oxygens (including phenoxy) is 2. The molecule has 2 unspecified atom stereocenters. The number of rotatable bonds is 14. The molecule has 0 saturated carbocycles. The van der Waals surface area contributed by atoms with Crippen LogP contribution in [-0.2, 0) is 26.2 Å². The molecule has 2 aromatic carbocycles. The molecule has 13 heteroatoms. The highest BCUT2D eigenvalue weighted by molar-refractivity contribution is 7.92. The summed E-state index contributed by atoms with van der Waals surface area (Å²) in [6.45, 7) is 3.91. The van der Waals surface area contributed by atoms with E-state index in [0.717, 1.165) is 16.1 Å². The molecule has 1 amide bonds. The van der Waals surface area contributed by atoms with Gasteiger partial charge in [0.05, 0.1) is 50.0 Å². The Kier molecular flexibility index (Phi) is 11.7. The van der Waals surface area contributed by atoms with Gasteiger partial charge in [0.25, 0.3) is 0 Å². The molecule has 0 fully saturated rings. The first kappa shape index (κ1) is 33.6. The molecular weight excluding hydrogens is 579 g/mol. The minimum absolute atomic E-state index is 0.0126. The van der Waals surface area contributed by atoms with E-state index >= 15 is 0 Å². The molecule has 2 atom stereocenters. The number of aliphatic hydroxyl groups is 1. The van der Waals surface area contributed by atoms with Crippen molar-refractivity contribution in [3.8, 4) is 17.0 Å². The van der Waals surface area contributed by atoms with Crippen LogP contribution in [0.15, 0.2) is 54.6 Å². The number of halogens is 1. The average molecular weight is 617 g/mol. The molecule has 3 N–H and O–H groups in total. The van der Waals surface area contributed by atoms with Gasteiger partial charge in [-0.25, -0.2) is 32.6 Å². The number of anilines is 1. The molecule has 1 aromatic heterocycles. The highest BCUT2D eigenvalue weighted by Crippen LogP contribution is 2.32. The second-order valence-electron chi connectivity index (χ2n) is 10.2. The monoisotopic (exact) mass is 616 g/mol. The van der Waals surface area contributed by atoms with Crippen LogP contribution in [0.5, 0.6) is 5.75 Å². The van der Waals surface area contributed by atoms with Crippen LogP contribution >= 0.6 is 0 Å². The number of hydrogen-bond acceptors (Lipinski definition) is 9. The van der Waals surface area contributed by atoms with Gasteiger partial charge in [-0.3, -0.25) is 10.0 Å². The molecule has 0 aliphatic heterocycles. The van der Waals surface area contributed by atoms with Crippen LogP contribution < -0.4 is 14.5 Å². The Morgan fingerprint density at radius 1 is 1.12 bits per heavy atom. The molecule has 0 radical (unpaired) electrons. The average Bonchev–Trinajstić information content (AvgIpc) is 2.98. The lowest BCUT2D eigenvalue weighted by atomic mass is 9.97. The summed E-state index contributed by atoms with van der Waals surface area (Å²) in [4.78, 5) is 21.0. The van der Waals surface area contributed by atoms with Crippen LogP contribution in [0.4, 0.5) is 10.3 Å². The van der Waals surface area contributed by atoms with E-state index in [4.69, 9.17) is 14.7 Å². The molecule has 0 saturated heterocycles. The zero-order valence-electron chi connectivity index (χ0n) is 24.7. The van der Waals surface area contributed by atoms with Crippen molar-refractivity contribution in [1.82, 2.24) is 15.4 Å². The zero-order valence-corrected chi connectivity index (χ0v) is 25.5. The van der Waals surface area contributed by atoms with Crippen molar-refractivity contribution in [2.75, 3.05) is 24.7 Å². The normalized spacial score (nSPS) is 13.2. The predicted molar refractivity (Wildman–Crippen MR) is 161 cm³/mol. The molecule has 3 rings (SSSR count). The number of carbonyl (C=O) groups is 1. The van der Waals surface area contributed by atoms with E-state index in [0.29, 0.717) is 28.3 Å². The fourth-order valence-electron chi connectivity index (χ4n) is 4.15. The van der Waals surface area contributed by atoms with Gasteiger partial charge >= 0.3 is 0 Å². The predicted octanol–water partition coefficient (Wildman–Crippen LogP) is 4.06. The minimum atomic E-state index is -3.68. The molecular formula is C30H37FN4O7S. The summed E-state index contributed by atoms with van der Waals surface area (Å²) >= 11 is 0. The molecule has 232 valence electrons. The van der Waals surface area contributed by atoms with Crippen LogP contribution in [0.25, 0.3) is 17.3 Å². The van der Waals surface area contributed by atoms with E-state index in [1.54, 1.807) is 30.8 Å². The van der Waals surface area contributed by atoms with Crippen LogP contribution in [0.2, 0.25) is 0 Å². The summed E-state index contributed by atoms with van der Waals surface area (Å²) in [7, 11) is -0.773. The van der Waals surface area contributed by atoms with Crippen LogP contribution in [-0.4, -0.2) is 67.2 Å². The van der Waals surface area contributed by atoms with Gasteiger partial charge in [0.15, 0.2) is 0 Å². The number of hydroxylamine groups is 1. The van der Waals surface area contributed by atoms with Gasteiger partial charge in [0.2, 0.25) is 21.9 Å². The number of aromatic nitrogens is 2. The molecule has 0 spiro atoms. The zero-order chi connectivity index (χ0) is 31.7. The number of aliphatic hydroxyl groups excluding tert-OH is 1. The van der Waals surface area contributed by atoms with Crippen molar-refractivity contribution in [3.05, 3.63) is 77.2 Å². The third-order valence-electron chi connectivity index (χ3n) is 6.58. The summed E-state index contributed by atoms with van der Waals surface area (Å²) in [5.74, 6) is -0.669. The fraction of sp³-hybridized carbons (Fsp3) is 0.367. The molecule has 0 aliphatic rings. The molecule has 0 bridgehead atoms. The SMILES string of the molecule is COc1ccc(COC(CC(=O)NO)CC(O)C=Cc2c(-c3ccc(F)cc3)nc(N(C)S(C)(=O)=O)nc2C(C)C)cc1. The molecule has 3 aromatic rings. The Hall–Kier alpha value is -3.91. The number of benzene rings is 2. The maximum Gasteiger partial charge on any atom is 0.245 e. The number of sulfonamides is 1. The molecule has 0 aliphatic carbocycles. The van der Waals surface area contributed by atoms with Gasteiger partial charge in [0.1, 0.15) is 11.6 Å². The van der Waals surface area contributed by atoms with Crippen LogP contribution in [0, 0.1) is 5.82 Å². The first-order chi connectivity index (χ1) is 20.3. The van der Waals surface area contributed by atoms with Gasteiger partial charge in [-0.2, -0.15) is 0 Å². The number of methoxy groups -OCH3 is 1. The number of nitrogens with one attached hydrogen (secondary N) is 1. The van der Waals surface area contributed by atoms with Crippen LogP contribution in [0.1, 0.15) is 49.4 Å². The van der Waals surface area contributed by atoms with E-state index in [-0.39, 0.29) is 31.3 Å². The Morgan fingerprint density at radius 2 is 1.77 bits per heavy atom. The lowest BCUT2D eigenvalue weighted by Crippen LogP contribution is -2.28. The Balaban J connectivity index is 1.94. The van der Waals surface area contributed by atoms with Gasteiger partial charge in [-0.1, -0.05) is 38.1 Å². The molecule has 1 heterocycles. The van der Waals surface area contributed by atoms with Gasteiger partial charge < -0.3 is 14.6 Å². The standard InChI is InChI=1S/C30H37FN4O7S/c1-19(2)28-26(29(21-8-10-22(31)11-9-21)33-30(32-28)35(3)43(5,39)40)15-12-23(36)16-25(17-27(37)34-38)42-18-20-6-13-24(41-4)14-7-20/h6-15,19,23,25,36,38H,16-18H2,1-5H3,(H,34,37). The van der Waals surface area contributed by atoms with Crippen molar-refractivity contribution < 1.29 is 37.4 Å². The summed E-state index contributed by atoms with van der Waals surface area (Å²) in [5.41, 5.74) is 4.29. The smallest absolute Gasteiger partial charge is 0.245 e. The summed E-state index contributed by atoms with van der Waals surface area (Å²) < 4.78 is 50.3. The van der Waals surface area contributed by atoms with E-state index in [2.05, 4.69) is 9.97 Å². The summed E-state index contributed by atoms with van der Waals surface area (Å²) in [6, 6.07) is 12.8. The summed E-state index contributed by atoms with van der Waals surface area (Å²) in [6.07, 6.45) is 2.12. The third-order valence-corrected chi connectivity index (χ3v) is 7.74. The minimum Gasteiger partial charge on any atom is -0.497 e. The van der Waals surface area contributed by atoms with Crippen molar-refractivity contribution >= 4 is 28.0 Å². The molecule has 11 nitrogen and oxygen atoms in total. The van der Waals surface area contributed by atoms with E-state index in [9.17, 15) is 22.7 Å². The molecule has 43 heavy (non-hydrogen) atoms. The first-order valence-corrected chi connectivity index (χ1v) is 15.3. The number of hydrogen-bond donors (Lipinski definition) is 3. The number of amides is 1. The Morgan fingerprint density at radius 3 is 2.33 bits per heavy atom. The van der Waals surface area contributed by atoms with Crippen molar-refractivity contribution in [1.29, 1.82) is 0 Å². The van der Waals surface area contributed by atoms with E-state index in [1.165, 1.54) is 37.4 Å². The lowest BCUT2D eigenvalue weighted by Gasteiger charge is -2.21. The van der Waals surface area contributed by atoms with Gasteiger partial charge in [-0.05, 0) is 47.9 Å². The van der Waals surface area contributed by atoms with E-state index < -0.39 is 34.0 Å². The second-order valence-corrected chi connectivity index (χ2v) is 12.3. The van der Waals surface area contributed by atoms with Gasteiger partial charge in [-0.15, -0.1) is 0 Å². The third kappa shape index (κ3) is 9.55. The highest BCUT2D eigenvalue weighted by Gasteiger charge is 2.23. The maximum absolute atomic E-state index is 13.7. The maximum atomic E-state index is 13.7. The number of carbonyl (C=O) groups excluding carboxylic acids is 1. The Bertz CT molecular complexity index is 1510. The lowest BCUT2D eigenvalue weighted by molar-refractivity contribution is -0.133.